The van der Waals surface area contributed by atoms with E-state index in [-0.39, 0.29) is 0 Å². The summed E-state index contributed by atoms with van der Waals surface area (Å²) in [5, 5.41) is 0. The number of epoxide rings is 1. The van der Waals surface area contributed by atoms with Crippen LogP contribution < -0.4 is 0 Å². The summed E-state index contributed by atoms with van der Waals surface area (Å²) in [5.74, 6) is 0.973. The molecule has 2 aliphatic rings. The van der Waals surface area contributed by atoms with E-state index in [1.165, 1.54) is 38.5 Å². The van der Waals surface area contributed by atoms with Gasteiger partial charge in [-0.25, -0.2) is 0 Å². The van der Waals surface area contributed by atoms with Crippen molar-refractivity contribution >= 4 is 0 Å². The van der Waals surface area contributed by atoms with Crippen molar-refractivity contribution in [1.29, 1.82) is 0 Å². The van der Waals surface area contributed by atoms with E-state index in [1.54, 1.807) is 0 Å². The molecular weight excluding hydrogens is 176 g/mol. The summed E-state index contributed by atoms with van der Waals surface area (Å²) in [6, 6.07) is 0. The predicted octanol–water partition coefficient (Wildman–Crippen LogP) is 2.58. The monoisotopic (exact) mass is 197 g/mol. The molecule has 0 aromatic carbocycles. The zero-order valence-electron chi connectivity index (χ0n) is 8.91. The van der Waals surface area contributed by atoms with Crippen molar-refractivity contribution in [3.63, 3.8) is 0 Å². The van der Waals surface area contributed by atoms with Crippen LogP contribution in [0.2, 0.25) is 0 Å². The van der Waals surface area contributed by atoms with E-state index >= 15 is 0 Å². The molecule has 1 saturated carbocycles. The molecule has 2 rings (SSSR count). The van der Waals surface area contributed by atoms with E-state index in [2.05, 4.69) is 6.42 Å². The SMILES string of the molecule is [CH]1CCC(CCCOCC2CO2)CC1. The number of rotatable bonds is 6. The van der Waals surface area contributed by atoms with Crippen molar-refractivity contribution in [1.82, 2.24) is 0 Å². The van der Waals surface area contributed by atoms with Crippen LogP contribution in [-0.2, 0) is 9.47 Å². The normalized spacial score (nSPS) is 27.9. The highest BCUT2D eigenvalue weighted by Gasteiger charge is 2.22. The van der Waals surface area contributed by atoms with E-state index in [0.717, 1.165) is 25.7 Å². The van der Waals surface area contributed by atoms with Crippen LogP contribution in [0.4, 0.5) is 0 Å². The van der Waals surface area contributed by atoms with Gasteiger partial charge in [0.15, 0.2) is 0 Å². The highest BCUT2D eigenvalue weighted by atomic mass is 16.6. The fourth-order valence-electron chi connectivity index (χ4n) is 2.14. The van der Waals surface area contributed by atoms with E-state index in [1.807, 2.05) is 0 Å². The molecule has 2 nitrogen and oxygen atoms in total. The molecule has 0 amide bonds. The maximum Gasteiger partial charge on any atom is 0.104 e. The summed E-state index contributed by atoms with van der Waals surface area (Å²) in [7, 11) is 0. The Balaban J connectivity index is 1.41. The molecule has 81 valence electrons. The molecule has 0 aromatic heterocycles. The second kappa shape index (κ2) is 5.72. The summed E-state index contributed by atoms with van der Waals surface area (Å²) in [5.41, 5.74) is 0. The van der Waals surface area contributed by atoms with Gasteiger partial charge >= 0.3 is 0 Å². The van der Waals surface area contributed by atoms with Crippen LogP contribution in [0, 0.1) is 12.3 Å². The Morgan fingerprint density at radius 3 is 2.79 bits per heavy atom. The molecule has 1 radical (unpaired) electrons. The van der Waals surface area contributed by atoms with E-state index in [9.17, 15) is 0 Å². The molecule has 0 spiro atoms. The maximum atomic E-state index is 5.52. The second-order valence-electron chi connectivity index (χ2n) is 4.48. The maximum absolute atomic E-state index is 5.52. The molecule has 1 saturated heterocycles. The minimum absolute atomic E-state index is 0.430. The van der Waals surface area contributed by atoms with Gasteiger partial charge in [-0.2, -0.15) is 0 Å². The molecule has 2 heteroatoms. The molecule has 1 heterocycles. The van der Waals surface area contributed by atoms with Crippen LogP contribution >= 0.6 is 0 Å². The zero-order chi connectivity index (χ0) is 9.64. The fourth-order valence-corrected chi connectivity index (χ4v) is 2.14. The average molecular weight is 197 g/mol. The molecule has 2 fully saturated rings. The summed E-state index contributed by atoms with van der Waals surface area (Å²) >= 11 is 0. The van der Waals surface area contributed by atoms with Crippen LogP contribution in [0.1, 0.15) is 38.5 Å². The summed E-state index contributed by atoms with van der Waals surface area (Å²) < 4.78 is 10.6. The first-order chi connectivity index (χ1) is 6.95. The van der Waals surface area contributed by atoms with Crippen LogP contribution in [0.25, 0.3) is 0 Å². The van der Waals surface area contributed by atoms with E-state index in [4.69, 9.17) is 9.47 Å². The highest BCUT2D eigenvalue weighted by molar-refractivity contribution is 4.76. The Bertz CT molecular complexity index is 148. The van der Waals surface area contributed by atoms with E-state index < -0.39 is 0 Å². The Morgan fingerprint density at radius 2 is 2.07 bits per heavy atom. The Kier molecular flexibility index (Phi) is 4.26. The minimum atomic E-state index is 0.430. The van der Waals surface area contributed by atoms with E-state index in [0.29, 0.717) is 6.10 Å². The quantitative estimate of drug-likeness (QED) is 0.482. The van der Waals surface area contributed by atoms with Crippen molar-refractivity contribution in [2.45, 2.75) is 44.6 Å². The number of ether oxygens (including phenoxy) is 2. The van der Waals surface area contributed by atoms with Crippen LogP contribution in [0.3, 0.4) is 0 Å². The molecule has 0 N–H and O–H groups in total. The van der Waals surface area contributed by atoms with Gasteiger partial charge in [0.1, 0.15) is 6.10 Å². The third-order valence-corrected chi connectivity index (χ3v) is 3.17. The molecule has 0 bridgehead atoms. The molecule has 0 aromatic rings. The lowest BCUT2D eigenvalue weighted by atomic mass is 9.86. The summed E-state index contributed by atoms with van der Waals surface area (Å²) in [4.78, 5) is 0. The number of hydrogen-bond acceptors (Lipinski definition) is 2. The predicted molar refractivity (Wildman–Crippen MR) is 56.1 cm³/mol. The van der Waals surface area contributed by atoms with Crippen LogP contribution in [0.15, 0.2) is 0 Å². The third kappa shape index (κ3) is 3.97. The lowest BCUT2D eigenvalue weighted by molar-refractivity contribution is 0.109. The van der Waals surface area contributed by atoms with Gasteiger partial charge < -0.3 is 9.47 Å². The van der Waals surface area contributed by atoms with Crippen molar-refractivity contribution in [2.24, 2.45) is 5.92 Å². The molecule has 14 heavy (non-hydrogen) atoms. The molecular formula is C12H21O2. The van der Waals surface area contributed by atoms with Gasteiger partial charge in [0.25, 0.3) is 0 Å². The van der Waals surface area contributed by atoms with Gasteiger partial charge in [-0.1, -0.05) is 12.8 Å². The van der Waals surface area contributed by atoms with Crippen LogP contribution in [0.5, 0.6) is 0 Å². The Labute approximate surface area is 87.0 Å². The lowest BCUT2D eigenvalue weighted by Gasteiger charge is -2.20. The van der Waals surface area contributed by atoms with Crippen LogP contribution in [-0.4, -0.2) is 25.9 Å². The van der Waals surface area contributed by atoms with Gasteiger partial charge in [0, 0.05) is 6.61 Å². The van der Waals surface area contributed by atoms with Gasteiger partial charge in [0.05, 0.1) is 13.2 Å². The lowest BCUT2D eigenvalue weighted by Crippen LogP contribution is -2.09. The summed E-state index contributed by atoms with van der Waals surface area (Å²) in [6.45, 7) is 2.66. The standard InChI is InChI=1S/C12H21O2/c1-2-5-11(6-3-1)7-4-8-13-9-12-10-14-12/h1,11-12H,2-10H2. The second-order valence-corrected chi connectivity index (χ2v) is 4.48. The third-order valence-electron chi connectivity index (χ3n) is 3.17. The fraction of sp³-hybridized carbons (Fsp3) is 0.917. The minimum Gasteiger partial charge on any atom is -0.379 e. The zero-order valence-corrected chi connectivity index (χ0v) is 8.91. The summed E-state index contributed by atoms with van der Waals surface area (Å²) in [6.07, 6.45) is 10.9. The highest BCUT2D eigenvalue weighted by Crippen LogP contribution is 2.26. The van der Waals surface area contributed by atoms with Gasteiger partial charge in [0.2, 0.25) is 0 Å². The van der Waals surface area contributed by atoms with Crippen molar-refractivity contribution in [3.05, 3.63) is 6.42 Å². The molecule has 1 aliphatic carbocycles. The van der Waals surface area contributed by atoms with Crippen molar-refractivity contribution < 1.29 is 9.47 Å². The average Bonchev–Trinajstić information content (AvgIpc) is 3.03. The smallest absolute Gasteiger partial charge is 0.104 e. The number of hydrogen-bond donors (Lipinski definition) is 0. The molecule has 1 aliphatic heterocycles. The Morgan fingerprint density at radius 1 is 1.29 bits per heavy atom. The first-order valence-corrected chi connectivity index (χ1v) is 5.96. The first-order valence-electron chi connectivity index (χ1n) is 5.96. The van der Waals surface area contributed by atoms with Gasteiger partial charge in [-0.15, -0.1) is 0 Å². The first kappa shape index (κ1) is 10.4. The molecule has 1 unspecified atom stereocenters. The Hall–Kier alpha value is -0.0800. The topological polar surface area (TPSA) is 21.8 Å². The largest absolute Gasteiger partial charge is 0.379 e. The van der Waals surface area contributed by atoms with Crippen molar-refractivity contribution in [2.75, 3.05) is 19.8 Å². The molecule has 1 atom stereocenters. The van der Waals surface area contributed by atoms with Gasteiger partial charge in [-0.05, 0) is 38.0 Å². The van der Waals surface area contributed by atoms with Gasteiger partial charge in [-0.3, -0.25) is 0 Å². The van der Waals surface area contributed by atoms with Crippen molar-refractivity contribution in [3.8, 4) is 0 Å².